The van der Waals surface area contributed by atoms with Crippen LogP contribution in [0.4, 0.5) is 10.2 Å². The molecule has 1 N–H and O–H groups in total. The van der Waals surface area contributed by atoms with Gasteiger partial charge < -0.3 is 5.32 Å². The van der Waals surface area contributed by atoms with Crippen LogP contribution >= 0.6 is 11.8 Å². The van der Waals surface area contributed by atoms with Crippen LogP contribution in [0.1, 0.15) is 26.3 Å². The number of anilines is 1. The Morgan fingerprint density at radius 1 is 1.33 bits per heavy atom. The fourth-order valence-corrected chi connectivity index (χ4v) is 2.67. The van der Waals surface area contributed by atoms with E-state index in [0.717, 1.165) is 4.90 Å². The zero-order chi connectivity index (χ0) is 15.2. The van der Waals surface area contributed by atoms with E-state index in [1.54, 1.807) is 29.1 Å². The molecule has 0 radical (unpaired) electrons. The normalized spacial score (nSPS) is 10.9. The summed E-state index contributed by atoms with van der Waals surface area (Å²) in [5.41, 5.74) is 0. The first-order valence-corrected chi connectivity index (χ1v) is 7.76. The van der Waals surface area contributed by atoms with Gasteiger partial charge in [-0.1, -0.05) is 0 Å². The molecule has 0 aliphatic carbocycles. The van der Waals surface area contributed by atoms with Crippen molar-refractivity contribution >= 4 is 23.5 Å². The summed E-state index contributed by atoms with van der Waals surface area (Å²) >= 11 is 1.53. The number of thioether (sulfide) groups is 1. The van der Waals surface area contributed by atoms with Crippen molar-refractivity contribution < 1.29 is 9.18 Å². The number of halogens is 1. The number of hydrogen-bond acceptors (Lipinski definition) is 3. The molecule has 0 saturated carbocycles. The molecule has 0 aliphatic heterocycles. The Balaban J connectivity index is 1.79. The van der Waals surface area contributed by atoms with E-state index >= 15 is 0 Å². The fraction of sp³-hybridized carbons (Fsp3) is 0.333. The van der Waals surface area contributed by atoms with E-state index in [2.05, 4.69) is 10.4 Å². The van der Waals surface area contributed by atoms with Crippen LogP contribution in [0.25, 0.3) is 0 Å². The van der Waals surface area contributed by atoms with Gasteiger partial charge in [0, 0.05) is 29.2 Å². The minimum atomic E-state index is -0.251. The van der Waals surface area contributed by atoms with Gasteiger partial charge in [-0.2, -0.15) is 5.10 Å². The van der Waals surface area contributed by atoms with Crippen LogP contribution in [0.15, 0.2) is 41.4 Å². The lowest BCUT2D eigenvalue weighted by molar-refractivity contribution is -0.115. The van der Waals surface area contributed by atoms with Crippen molar-refractivity contribution in [2.45, 2.75) is 31.2 Å². The topological polar surface area (TPSA) is 46.9 Å². The molecule has 0 unspecified atom stereocenters. The summed E-state index contributed by atoms with van der Waals surface area (Å²) in [7, 11) is 0. The van der Waals surface area contributed by atoms with Gasteiger partial charge in [-0.3, -0.25) is 4.79 Å². The first kappa shape index (κ1) is 15.6. The Bertz CT molecular complexity index is 595. The molecular formula is C15H18FN3OS. The van der Waals surface area contributed by atoms with Gasteiger partial charge in [-0.25, -0.2) is 9.07 Å². The second-order valence-electron chi connectivity index (χ2n) is 4.86. The molecular weight excluding hydrogens is 289 g/mol. The maximum Gasteiger partial charge on any atom is 0.226 e. The first-order chi connectivity index (χ1) is 10.1. The molecule has 1 amide bonds. The zero-order valence-electron chi connectivity index (χ0n) is 12.0. The molecule has 0 saturated heterocycles. The summed E-state index contributed by atoms with van der Waals surface area (Å²) in [6.45, 7) is 4.01. The minimum Gasteiger partial charge on any atom is -0.311 e. The Morgan fingerprint density at radius 3 is 2.71 bits per heavy atom. The molecule has 1 aromatic carbocycles. The fourth-order valence-electron chi connectivity index (χ4n) is 1.82. The highest BCUT2D eigenvalue weighted by molar-refractivity contribution is 7.99. The van der Waals surface area contributed by atoms with Crippen molar-refractivity contribution in [3.05, 3.63) is 42.3 Å². The van der Waals surface area contributed by atoms with Crippen LogP contribution in [0.5, 0.6) is 0 Å². The Hall–Kier alpha value is -1.82. The molecule has 2 rings (SSSR count). The molecule has 0 aliphatic rings. The SMILES string of the molecule is CC(C)n1nccc1NC(=O)CCSc1ccc(F)cc1. The molecule has 0 spiro atoms. The van der Waals surface area contributed by atoms with E-state index < -0.39 is 0 Å². The average molecular weight is 307 g/mol. The predicted molar refractivity (Wildman–Crippen MR) is 83.0 cm³/mol. The molecule has 1 heterocycles. The van der Waals surface area contributed by atoms with Crippen LogP contribution in [-0.2, 0) is 4.79 Å². The van der Waals surface area contributed by atoms with Gasteiger partial charge in [0.25, 0.3) is 0 Å². The first-order valence-electron chi connectivity index (χ1n) is 6.78. The van der Waals surface area contributed by atoms with Crippen molar-refractivity contribution in [2.75, 3.05) is 11.1 Å². The molecule has 0 fully saturated rings. The molecule has 4 nitrogen and oxygen atoms in total. The third-order valence-electron chi connectivity index (χ3n) is 2.84. The monoisotopic (exact) mass is 307 g/mol. The number of nitrogens with zero attached hydrogens (tertiary/aromatic N) is 2. The summed E-state index contributed by atoms with van der Waals surface area (Å²) in [6.07, 6.45) is 2.06. The molecule has 0 bridgehead atoms. The smallest absolute Gasteiger partial charge is 0.226 e. The van der Waals surface area contributed by atoms with Gasteiger partial charge >= 0.3 is 0 Å². The van der Waals surface area contributed by atoms with E-state index in [9.17, 15) is 9.18 Å². The van der Waals surface area contributed by atoms with Crippen LogP contribution in [-0.4, -0.2) is 21.4 Å². The second kappa shape index (κ2) is 7.26. The second-order valence-corrected chi connectivity index (χ2v) is 6.02. The van der Waals surface area contributed by atoms with Crippen LogP contribution in [0.2, 0.25) is 0 Å². The number of benzene rings is 1. The summed E-state index contributed by atoms with van der Waals surface area (Å²) in [4.78, 5) is 12.9. The van der Waals surface area contributed by atoms with E-state index in [1.807, 2.05) is 13.8 Å². The average Bonchev–Trinajstić information content (AvgIpc) is 2.89. The van der Waals surface area contributed by atoms with E-state index in [-0.39, 0.29) is 17.8 Å². The molecule has 2 aromatic rings. The minimum absolute atomic E-state index is 0.0491. The Labute approximate surface area is 127 Å². The standard InChI is InChI=1S/C15H18FN3OS/c1-11(2)19-14(7-9-17-19)18-15(20)8-10-21-13-5-3-12(16)4-6-13/h3-7,9,11H,8,10H2,1-2H3,(H,18,20). The van der Waals surface area contributed by atoms with Gasteiger partial charge in [-0.15, -0.1) is 11.8 Å². The molecule has 0 atom stereocenters. The van der Waals surface area contributed by atoms with Gasteiger partial charge in [0.1, 0.15) is 11.6 Å². The highest BCUT2D eigenvalue weighted by Crippen LogP contribution is 2.19. The van der Waals surface area contributed by atoms with Crippen molar-refractivity contribution in [3.63, 3.8) is 0 Å². The highest BCUT2D eigenvalue weighted by Gasteiger charge is 2.09. The van der Waals surface area contributed by atoms with E-state index in [0.29, 0.717) is 18.0 Å². The Morgan fingerprint density at radius 2 is 2.05 bits per heavy atom. The number of hydrogen-bond donors (Lipinski definition) is 1. The van der Waals surface area contributed by atoms with Crippen LogP contribution in [0.3, 0.4) is 0 Å². The maximum absolute atomic E-state index is 12.8. The van der Waals surface area contributed by atoms with Crippen LogP contribution in [0, 0.1) is 5.82 Å². The molecule has 1 aromatic heterocycles. The van der Waals surface area contributed by atoms with Gasteiger partial charge in [0.05, 0.1) is 6.20 Å². The summed E-state index contributed by atoms with van der Waals surface area (Å²) < 4.78 is 14.5. The molecule has 112 valence electrons. The number of carbonyl (C=O) groups is 1. The van der Waals surface area contributed by atoms with E-state index in [1.165, 1.54) is 23.9 Å². The summed E-state index contributed by atoms with van der Waals surface area (Å²) in [5, 5.41) is 7.02. The molecule has 6 heteroatoms. The lowest BCUT2D eigenvalue weighted by Crippen LogP contribution is -2.16. The number of aromatic nitrogens is 2. The zero-order valence-corrected chi connectivity index (χ0v) is 12.9. The number of amides is 1. The van der Waals surface area contributed by atoms with Crippen molar-refractivity contribution in [2.24, 2.45) is 0 Å². The van der Waals surface area contributed by atoms with Gasteiger partial charge in [0.15, 0.2) is 0 Å². The third-order valence-corrected chi connectivity index (χ3v) is 3.85. The molecule has 21 heavy (non-hydrogen) atoms. The van der Waals surface area contributed by atoms with Crippen LogP contribution < -0.4 is 5.32 Å². The maximum atomic E-state index is 12.8. The van der Waals surface area contributed by atoms with E-state index in [4.69, 9.17) is 0 Å². The van der Waals surface area contributed by atoms with Crippen molar-refractivity contribution in [1.29, 1.82) is 0 Å². The predicted octanol–water partition coefficient (Wildman–Crippen LogP) is 3.72. The number of rotatable bonds is 6. The van der Waals surface area contributed by atoms with Gasteiger partial charge in [0.2, 0.25) is 5.91 Å². The van der Waals surface area contributed by atoms with Gasteiger partial charge in [-0.05, 0) is 38.1 Å². The lowest BCUT2D eigenvalue weighted by atomic mass is 10.3. The lowest BCUT2D eigenvalue weighted by Gasteiger charge is -2.11. The quantitative estimate of drug-likeness (QED) is 0.827. The van der Waals surface area contributed by atoms with Crippen molar-refractivity contribution in [1.82, 2.24) is 9.78 Å². The highest BCUT2D eigenvalue weighted by atomic mass is 32.2. The Kier molecular flexibility index (Phi) is 5.38. The summed E-state index contributed by atoms with van der Waals surface area (Å²) in [6, 6.07) is 8.25. The largest absolute Gasteiger partial charge is 0.311 e. The third kappa shape index (κ3) is 4.60. The number of nitrogens with one attached hydrogen (secondary N) is 1. The number of carbonyl (C=O) groups excluding carboxylic acids is 1. The summed E-state index contributed by atoms with van der Waals surface area (Å²) in [5.74, 6) is 1.06. The van der Waals surface area contributed by atoms with Crippen molar-refractivity contribution in [3.8, 4) is 0 Å².